The van der Waals surface area contributed by atoms with Crippen LogP contribution in [0.25, 0.3) is 10.2 Å². The summed E-state index contributed by atoms with van der Waals surface area (Å²) in [4.78, 5) is 45.4. The minimum atomic E-state index is -0.550. The van der Waals surface area contributed by atoms with Gasteiger partial charge in [-0.05, 0) is 57.2 Å². The van der Waals surface area contributed by atoms with Crippen molar-refractivity contribution in [1.82, 2.24) is 14.8 Å². The van der Waals surface area contributed by atoms with Crippen molar-refractivity contribution in [3.63, 3.8) is 0 Å². The average molecular weight is 467 g/mol. The standard InChI is InChI=1S/C24H26N4O4S/c1-24(2,3)32-23(31)28-14-12-27(13-15-28)21(30)17-10-8-16(9-11-17)20(29)26-22-25-18-6-4-5-7-19(18)33-22/h4-11H,12-15H2,1-3H3,(H,25,26,29). The number of piperazine rings is 1. The first kappa shape index (κ1) is 22.7. The number of hydrogen-bond donors (Lipinski definition) is 1. The lowest BCUT2D eigenvalue weighted by molar-refractivity contribution is 0.0141. The third kappa shape index (κ3) is 5.48. The zero-order valence-electron chi connectivity index (χ0n) is 18.8. The Morgan fingerprint density at radius 3 is 2.15 bits per heavy atom. The number of hydrogen-bond acceptors (Lipinski definition) is 6. The Morgan fingerprint density at radius 1 is 0.909 bits per heavy atom. The molecule has 3 amide bonds. The summed E-state index contributed by atoms with van der Waals surface area (Å²) >= 11 is 1.41. The van der Waals surface area contributed by atoms with Crippen LogP contribution in [0.4, 0.5) is 9.93 Å². The fourth-order valence-corrected chi connectivity index (χ4v) is 4.32. The minimum Gasteiger partial charge on any atom is -0.444 e. The maximum Gasteiger partial charge on any atom is 0.410 e. The number of thiazole rings is 1. The molecule has 1 fully saturated rings. The molecular weight excluding hydrogens is 440 g/mol. The molecule has 1 saturated heterocycles. The molecule has 9 heteroatoms. The van der Waals surface area contributed by atoms with E-state index in [1.807, 2.05) is 45.0 Å². The topological polar surface area (TPSA) is 91.8 Å². The first-order valence-electron chi connectivity index (χ1n) is 10.7. The molecule has 0 atom stereocenters. The first-order chi connectivity index (χ1) is 15.7. The number of amides is 3. The van der Waals surface area contributed by atoms with Gasteiger partial charge in [-0.25, -0.2) is 9.78 Å². The lowest BCUT2D eigenvalue weighted by atomic mass is 10.1. The summed E-state index contributed by atoms with van der Waals surface area (Å²) in [7, 11) is 0. The van der Waals surface area contributed by atoms with Gasteiger partial charge in [0.15, 0.2) is 5.13 Å². The minimum absolute atomic E-state index is 0.128. The van der Waals surface area contributed by atoms with Gasteiger partial charge >= 0.3 is 6.09 Å². The Hall–Kier alpha value is -3.46. The molecule has 2 heterocycles. The van der Waals surface area contributed by atoms with Crippen molar-refractivity contribution in [2.75, 3.05) is 31.5 Å². The number of carbonyl (C=O) groups excluding carboxylic acids is 3. The molecule has 0 spiro atoms. The summed E-state index contributed by atoms with van der Waals surface area (Å²) in [5, 5.41) is 3.35. The number of benzene rings is 2. The van der Waals surface area contributed by atoms with Gasteiger partial charge in [-0.15, -0.1) is 0 Å². The third-order valence-corrected chi connectivity index (χ3v) is 6.08. The average Bonchev–Trinajstić information content (AvgIpc) is 3.20. The van der Waals surface area contributed by atoms with Crippen molar-refractivity contribution in [2.24, 2.45) is 0 Å². The number of aromatic nitrogens is 1. The van der Waals surface area contributed by atoms with Crippen LogP contribution < -0.4 is 5.32 Å². The van der Waals surface area contributed by atoms with Gasteiger partial charge in [0.25, 0.3) is 11.8 Å². The third-order valence-electron chi connectivity index (χ3n) is 5.13. The van der Waals surface area contributed by atoms with E-state index in [2.05, 4.69) is 10.3 Å². The van der Waals surface area contributed by atoms with Crippen molar-refractivity contribution >= 4 is 44.6 Å². The molecule has 1 aromatic heterocycles. The molecule has 0 bridgehead atoms. The highest BCUT2D eigenvalue weighted by molar-refractivity contribution is 7.22. The van der Waals surface area contributed by atoms with Crippen LogP contribution in [0.1, 0.15) is 41.5 Å². The van der Waals surface area contributed by atoms with E-state index in [-0.39, 0.29) is 17.9 Å². The fraction of sp³-hybridized carbons (Fsp3) is 0.333. The Bertz CT molecular complexity index is 1140. The number of fused-ring (bicyclic) bond motifs is 1. The lowest BCUT2D eigenvalue weighted by Gasteiger charge is -2.35. The second-order valence-electron chi connectivity index (χ2n) is 8.78. The summed E-state index contributed by atoms with van der Waals surface area (Å²) in [6.07, 6.45) is -0.363. The van der Waals surface area contributed by atoms with Gasteiger partial charge in [0.1, 0.15) is 5.60 Å². The molecule has 3 aromatic rings. The molecule has 1 N–H and O–H groups in total. The van der Waals surface area contributed by atoms with E-state index in [0.717, 1.165) is 10.2 Å². The van der Waals surface area contributed by atoms with Gasteiger partial charge in [-0.2, -0.15) is 0 Å². The van der Waals surface area contributed by atoms with E-state index in [4.69, 9.17) is 4.74 Å². The zero-order chi connectivity index (χ0) is 23.6. The molecule has 0 saturated carbocycles. The van der Waals surface area contributed by atoms with E-state index < -0.39 is 5.60 Å². The van der Waals surface area contributed by atoms with Crippen LogP contribution in [0.5, 0.6) is 0 Å². The zero-order valence-corrected chi connectivity index (χ0v) is 19.6. The second-order valence-corrected chi connectivity index (χ2v) is 9.81. The van der Waals surface area contributed by atoms with Gasteiger partial charge in [-0.1, -0.05) is 23.5 Å². The van der Waals surface area contributed by atoms with Crippen LogP contribution in [-0.2, 0) is 4.74 Å². The Kier molecular flexibility index (Phi) is 6.33. The van der Waals surface area contributed by atoms with Crippen molar-refractivity contribution in [2.45, 2.75) is 26.4 Å². The molecule has 1 aliphatic heterocycles. The molecule has 172 valence electrons. The molecule has 8 nitrogen and oxygen atoms in total. The van der Waals surface area contributed by atoms with Crippen LogP contribution in [0.2, 0.25) is 0 Å². The van der Waals surface area contributed by atoms with Crippen LogP contribution >= 0.6 is 11.3 Å². The van der Waals surface area contributed by atoms with Crippen molar-refractivity contribution < 1.29 is 19.1 Å². The van der Waals surface area contributed by atoms with E-state index in [0.29, 0.717) is 42.4 Å². The molecular formula is C24H26N4O4S. The van der Waals surface area contributed by atoms with E-state index in [9.17, 15) is 14.4 Å². The highest BCUT2D eigenvalue weighted by Crippen LogP contribution is 2.25. The maximum absolute atomic E-state index is 12.9. The Morgan fingerprint density at radius 2 is 1.52 bits per heavy atom. The second kappa shape index (κ2) is 9.19. The van der Waals surface area contributed by atoms with Crippen molar-refractivity contribution in [3.8, 4) is 0 Å². The number of para-hydroxylation sites is 1. The summed E-state index contributed by atoms with van der Waals surface area (Å²) in [6.45, 7) is 7.18. The Balaban J connectivity index is 1.33. The predicted molar refractivity (Wildman–Crippen MR) is 128 cm³/mol. The smallest absolute Gasteiger partial charge is 0.410 e. The maximum atomic E-state index is 12.9. The van der Waals surface area contributed by atoms with Crippen LogP contribution in [0.3, 0.4) is 0 Å². The largest absolute Gasteiger partial charge is 0.444 e. The molecule has 4 rings (SSSR count). The highest BCUT2D eigenvalue weighted by atomic mass is 32.1. The quantitative estimate of drug-likeness (QED) is 0.623. The van der Waals surface area contributed by atoms with Gasteiger partial charge in [0.2, 0.25) is 0 Å². The molecule has 0 aliphatic carbocycles. The molecule has 33 heavy (non-hydrogen) atoms. The van der Waals surface area contributed by atoms with E-state index >= 15 is 0 Å². The van der Waals surface area contributed by atoms with Crippen LogP contribution in [0.15, 0.2) is 48.5 Å². The van der Waals surface area contributed by atoms with Gasteiger partial charge in [0.05, 0.1) is 10.2 Å². The molecule has 0 unspecified atom stereocenters. The summed E-state index contributed by atoms with van der Waals surface area (Å²) < 4.78 is 6.40. The normalized spacial score (nSPS) is 14.3. The summed E-state index contributed by atoms with van der Waals surface area (Å²) in [6, 6.07) is 14.2. The number of anilines is 1. The molecule has 2 aromatic carbocycles. The van der Waals surface area contributed by atoms with Gasteiger partial charge in [-0.3, -0.25) is 14.9 Å². The van der Waals surface area contributed by atoms with Gasteiger partial charge < -0.3 is 14.5 Å². The van der Waals surface area contributed by atoms with Crippen molar-refractivity contribution in [3.05, 3.63) is 59.7 Å². The summed E-state index contributed by atoms with van der Waals surface area (Å²) in [5.74, 6) is -0.406. The van der Waals surface area contributed by atoms with Gasteiger partial charge in [0, 0.05) is 37.3 Å². The van der Waals surface area contributed by atoms with Crippen LogP contribution in [0, 0.1) is 0 Å². The van der Waals surface area contributed by atoms with Crippen molar-refractivity contribution in [1.29, 1.82) is 0 Å². The van der Waals surface area contributed by atoms with E-state index in [1.165, 1.54) is 11.3 Å². The monoisotopic (exact) mass is 466 g/mol. The number of rotatable bonds is 3. The number of ether oxygens (including phenoxy) is 1. The number of nitrogens with one attached hydrogen (secondary N) is 1. The predicted octanol–water partition coefficient (Wildman–Crippen LogP) is 4.24. The molecule has 0 radical (unpaired) electrons. The summed E-state index contributed by atoms with van der Waals surface area (Å²) in [5.41, 5.74) is 1.23. The number of carbonyl (C=O) groups is 3. The number of nitrogens with zero attached hydrogens (tertiary/aromatic N) is 3. The lowest BCUT2D eigenvalue weighted by Crippen LogP contribution is -2.51. The first-order valence-corrected chi connectivity index (χ1v) is 11.6. The van der Waals surface area contributed by atoms with Crippen LogP contribution in [-0.4, -0.2) is 64.5 Å². The Labute approximate surface area is 196 Å². The molecule has 1 aliphatic rings. The van der Waals surface area contributed by atoms with E-state index in [1.54, 1.807) is 34.1 Å². The highest BCUT2D eigenvalue weighted by Gasteiger charge is 2.28. The SMILES string of the molecule is CC(C)(C)OC(=O)N1CCN(C(=O)c2ccc(C(=O)Nc3nc4ccccc4s3)cc2)CC1. The fourth-order valence-electron chi connectivity index (χ4n) is 3.46.